The van der Waals surface area contributed by atoms with Gasteiger partial charge in [0.1, 0.15) is 5.75 Å². The number of nitrogens with one attached hydrogen (secondary N) is 1. The van der Waals surface area contributed by atoms with Crippen LogP contribution in [0.2, 0.25) is 0 Å². The third-order valence-electron chi connectivity index (χ3n) is 4.96. The Hall–Kier alpha value is -2.84. The van der Waals surface area contributed by atoms with Crippen molar-refractivity contribution in [3.05, 3.63) is 60.2 Å². The van der Waals surface area contributed by atoms with Crippen LogP contribution in [0.4, 0.5) is 0 Å². The Morgan fingerprint density at radius 1 is 1.20 bits per heavy atom. The lowest BCUT2D eigenvalue weighted by Gasteiger charge is -2.16. The van der Waals surface area contributed by atoms with Crippen molar-refractivity contribution in [2.75, 3.05) is 26.0 Å². The van der Waals surface area contributed by atoms with E-state index < -0.39 is 0 Å². The molecule has 2 aromatic carbocycles. The van der Waals surface area contributed by atoms with Gasteiger partial charge in [0.15, 0.2) is 0 Å². The number of thioether (sulfide) groups is 1. The second-order valence-corrected chi connectivity index (χ2v) is 8.09. The molecule has 8 heteroatoms. The van der Waals surface area contributed by atoms with E-state index in [0.717, 1.165) is 37.4 Å². The van der Waals surface area contributed by atoms with Gasteiger partial charge in [0, 0.05) is 31.2 Å². The summed E-state index contributed by atoms with van der Waals surface area (Å²) < 4.78 is 10.8. The summed E-state index contributed by atoms with van der Waals surface area (Å²) in [6.45, 7) is 2.77. The molecule has 1 unspecified atom stereocenters. The van der Waals surface area contributed by atoms with Crippen LogP contribution in [0.1, 0.15) is 12.0 Å². The number of aromatic nitrogens is 2. The van der Waals surface area contributed by atoms with Gasteiger partial charge in [-0.15, -0.1) is 10.2 Å². The normalized spacial score (nSPS) is 16.5. The molecule has 30 heavy (non-hydrogen) atoms. The van der Waals surface area contributed by atoms with Crippen molar-refractivity contribution in [2.24, 2.45) is 0 Å². The van der Waals surface area contributed by atoms with Crippen molar-refractivity contribution >= 4 is 17.7 Å². The van der Waals surface area contributed by atoms with Gasteiger partial charge in [-0.1, -0.05) is 42.1 Å². The molecule has 1 aliphatic rings. The highest BCUT2D eigenvalue weighted by molar-refractivity contribution is 7.99. The molecular weight excluding hydrogens is 400 g/mol. The lowest BCUT2D eigenvalue weighted by molar-refractivity contribution is -0.119. The Balaban J connectivity index is 1.22. The van der Waals surface area contributed by atoms with E-state index in [1.165, 1.54) is 17.3 Å². The number of likely N-dealkylation sites (tertiary alicyclic amines) is 1. The summed E-state index contributed by atoms with van der Waals surface area (Å²) in [5.74, 6) is 1.42. The van der Waals surface area contributed by atoms with E-state index in [1.807, 2.05) is 30.3 Å². The van der Waals surface area contributed by atoms with E-state index in [2.05, 4.69) is 44.7 Å². The average molecular weight is 425 g/mol. The highest BCUT2D eigenvalue weighted by Crippen LogP contribution is 2.25. The molecule has 0 radical (unpaired) electrons. The Morgan fingerprint density at radius 2 is 2.00 bits per heavy atom. The molecule has 4 rings (SSSR count). The number of hydrogen-bond acceptors (Lipinski definition) is 7. The van der Waals surface area contributed by atoms with Gasteiger partial charge in [-0.25, -0.2) is 0 Å². The maximum Gasteiger partial charge on any atom is 0.277 e. The van der Waals surface area contributed by atoms with Crippen molar-refractivity contribution < 1.29 is 13.9 Å². The third kappa shape index (κ3) is 5.40. The Bertz CT molecular complexity index is 962. The molecule has 1 fully saturated rings. The smallest absolute Gasteiger partial charge is 0.277 e. The molecule has 3 aromatic rings. The second-order valence-electron chi connectivity index (χ2n) is 7.16. The van der Waals surface area contributed by atoms with E-state index in [4.69, 9.17) is 9.15 Å². The molecule has 0 spiro atoms. The lowest BCUT2D eigenvalue weighted by atomic mass is 10.2. The number of rotatable bonds is 8. The van der Waals surface area contributed by atoms with Gasteiger partial charge in [0.05, 0.1) is 12.9 Å². The van der Waals surface area contributed by atoms with Crippen molar-refractivity contribution in [1.82, 2.24) is 20.4 Å². The summed E-state index contributed by atoms with van der Waals surface area (Å²) in [5, 5.41) is 11.6. The summed E-state index contributed by atoms with van der Waals surface area (Å²) in [6.07, 6.45) is 0.964. The molecule has 1 saturated heterocycles. The van der Waals surface area contributed by atoms with Gasteiger partial charge in [0.25, 0.3) is 5.22 Å². The summed E-state index contributed by atoms with van der Waals surface area (Å²) in [5.41, 5.74) is 2.10. The minimum atomic E-state index is -0.0178. The van der Waals surface area contributed by atoms with Crippen LogP contribution < -0.4 is 10.1 Å². The van der Waals surface area contributed by atoms with Crippen LogP contribution in [-0.2, 0) is 11.3 Å². The minimum Gasteiger partial charge on any atom is -0.497 e. The van der Waals surface area contributed by atoms with Gasteiger partial charge < -0.3 is 14.5 Å². The molecule has 1 aliphatic heterocycles. The van der Waals surface area contributed by atoms with Crippen LogP contribution >= 0.6 is 11.8 Å². The van der Waals surface area contributed by atoms with E-state index in [1.54, 1.807) is 7.11 Å². The zero-order valence-electron chi connectivity index (χ0n) is 16.8. The zero-order valence-corrected chi connectivity index (χ0v) is 17.6. The fourth-order valence-corrected chi connectivity index (χ4v) is 4.02. The first kappa shape index (κ1) is 20.4. The van der Waals surface area contributed by atoms with E-state index >= 15 is 0 Å². The van der Waals surface area contributed by atoms with Gasteiger partial charge in [-0.3, -0.25) is 9.69 Å². The SMILES string of the molecule is COc1ccc(-c2nnc(SCC(=O)NC3CCN(Cc4ccccc4)C3)o2)cc1. The van der Waals surface area contributed by atoms with Crippen molar-refractivity contribution in [3.8, 4) is 17.2 Å². The predicted molar refractivity (Wildman–Crippen MR) is 115 cm³/mol. The molecule has 0 saturated carbocycles. The van der Waals surface area contributed by atoms with Crippen LogP contribution in [0.5, 0.6) is 5.75 Å². The number of carbonyl (C=O) groups is 1. The maximum atomic E-state index is 12.3. The molecule has 1 atom stereocenters. The fourth-order valence-electron chi connectivity index (χ4n) is 3.45. The number of ether oxygens (including phenoxy) is 1. The fraction of sp³-hybridized carbons (Fsp3) is 0.318. The number of methoxy groups -OCH3 is 1. The quantitative estimate of drug-likeness (QED) is 0.556. The maximum absolute atomic E-state index is 12.3. The highest BCUT2D eigenvalue weighted by Gasteiger charge is 2.24. The number of amides is 1. The molecule has 0 bridgehead atoms. The van der Waals surface area contributed by atoms with Crippen molar-refractivity contribution in [3.63, 3.8) is 0 Å². The van der Waals surface area contributed by atoms with Gasteiger partial charge in [-0.2, -0.15) is 0 Å². The first-order valence-electron chi connectivity index (χ1n) is 9.86. The standard InChI is InChI=1S/C22H24N4O3S/c1-28-19-9-7-17(8-10-19)21-24-25-22(29-21)30-15-20(27)23-18-11-12-26(14-18)13-16-5-3-2-4-6-16/h2-10,18H,11-15H2,1H3,(H,23,27). The van der Waals surface area contributed by atoms with E-state index in [0.29, 0.717) is 11.1 Å². The van der Waals surface area contributed by atoms with E-state index in [9.17, 15) is 4.79 Å². The molecule has 1 N–H and O–H groups in total. The van der Waals surface area contributed by atoms with Crippen molar-refractivity contribution in [2.45, 2.75) is 24.2 Å². The number of nitrogens with zero attached hydrogens (tertiary/aromatic N) is 3. The van der Waals surface area contributed by atoms with Crippen LogP contribution in [-0.4, -0.2) is 53.0 Å². The third-order valence-corrected chi connectivity index (χ3v) is 5.78. The van der Waals surface area contributed by atoms with Gasteiger partial charge in [-0.05, 0) is 36.2 Å². The molecule has 1 aromatic heterocycles. The monoisotopic (exact) mass is 424 g/mol. The van der Waals surface area contributed by atoms with Gasteiger partial charge in [0.2, 0.25) is 11.8 Å². The highest BCUT2D eigenvalue weighted by atomic mass is 32.2. The van der Waals surface area contributed by atoms with Crippen LogP contribution in [0.3, 0.4) is 0 Å². The molecular formula is C22H24N4O3S. The molecule has 7 nitrogen and oxygen atoms in total. The molecule has 156 valence electrons. The van der Waals surface area contributed by atoms with Crippen molar-refractivity contribution in [1.29, 1.82) is 0 Å². The predicted octanol–water partition coefficient (Wildman–Crippen LogP) is 3.23. The largest absolute Gasteiger partial charge is 0.497 e. The summed E-state index contributed by atoms with van der Waals surface area (Å²) in [4.78, 5) is 14.7. The lowest BCUT2D eigenvalue weighted by Crippen LogP contribution is -2.37. The van der Waals surface area contributed by atoms with Crippen LogP contribution in [0.25, 0.3) is 11.5 Å². The van der Waals surface area contributed by atoms with Crippen LogP contribution in [0.15, 0.2) is 64.2 Å². The average Bonchev–Trinajstić information content (AvgIpc) is 3.43. The number of carbonyl (C=O) groups excluding carboxylic acids is 1. The molecule has 2 heterocycles. The summed E-state index contributed by atoms with van der Waals surface area (Å²) >= 11 is 1.25. The minimum absolute atomic E-state index is 0.0178. The first-order chi connectivity index (χ1) is 14.7. The molecule has 0 aliphatic carbocycles. The van der Waals surface area contributed by atoms with Crippen LogP contribution in [0, 0.1) is 0 Å². The zero-order chi connectivity index (χ0) is 20.8. The number of benzene rings is 2. The Kier molecular flexibility index (Phi) is 6.66. The second kappa shape index (κ2) is 9.77. The Morgan fingerprint density at radius 3 is 2.77 bits per heavy atom. The Labute approximate surface area is 179 Å². The number of hydrogen-bond donors (Lipinski definition) is 1. The summed E-state index contributed by atoms with van der Waals surface area (Å²) in [7, 11) is 1.62. The molecule has 1 amide bonds. The van der Waals surface area contributed by atoms with E-state index in [-0.39, 0.29) is 17.7 Å². The first-order valence-corrected chi connectivity index (χ1v) is 10.8. The van der Waals surface area contributed by atoms with Gasteiger partial charge >= 0.3 is 0 Å². The summed E-state index contributed by atoms with van der Waals surface area (Å²) in [6, 6.07) is 18.0. The topological polar surface area (TPSA) is 80.5 Å².